The minimum atomic E-state index is -0.451. The number of carbonyl (C=O) groups excluding carboxylic acids is 1. The van der Waals surface area contributed by atoms with E-state index in [2.05, 4.69) is 13.8 Å². The number of carbonyl (C=O) groups is 1. The van der Waals surface area contributed by atoms with Crippen LogP contribution in [-0.2, 0) is 14.9 Å². The third kappa shape index (κ3) is 9.23. The van der Waals surface area contributed by atoms with Crippen molar-refractivity contribution >= 4 is 5.97 Å². The maximum atomic E-state index is 12.6. The molecular weight excluding hydrogens is 436 g/mol. The molecule has 0 aliphatic rings. The van der Waals surface area contributed by atoms with Gasteiger partial charge < -0.3 is 14.9 Å². The van der Waals surface area contributed by atoms with E-state index in [4.69, 9.17) is 4.74 Å². The maximum absolute atomic E-state index is 12.6. The fraction of sp³-hybridized carbons (Fsp3) is 0.581. The van der Waals surface area contributed by atoms with Crippen LogP contribution < -0.4 is 0 Å². The van der Waals surface area contributed by atoms with Gasteiger partial charge in [-0.25, -0.2) is 0 Å². The molecule has 0 saturated carbocycles. The molecule has 0 aliphatic heterocycles. The number of ether oxygens (including phenoxy) is 1. The summed E-state index contributed by atoms with van der Waals surface area (Å²) in [4.78, 5) is 12.6. The van der Waals surface area contributed by atoms with Crippen molar-refractivity contribution in [2.75, 3.05) is 6.61 Å². The Balaban J connectivity index is 1.85. The molecule has 35 heavy (non-hydrogen) atoms. The molecule has 2 rings (SSSR count). The number of hydrogen-bond donors (Lipinski definition) is 2. The first-order valence-corrected chi connectivity index (χ1v) is 13.5. The van der Waals surface area contributed by atoms with E-state index in [0.29, 0.717) is 19.4 Å². The summed E-state index contributed by atoms with van der Waals surface area (Å²) in [6.07, 6.45) is 13.4. The second-order valence-corrected chi connectivity index (χ2v) is 10.2. The molecule has 0 spiro atoms. The van der Waals surface area contributed by atoms with E-state index in [9.17, 15) is 15.0 Å². The summed E-state index contributed by atoms with van der Waals surface area (Å²) < 4.78 is 5.55. The van der Waals surface area contributed by atoms with Crippen molar-refractivity contribution in [3.63, 3.8) is 0 Å². The number of benzene rings is 2. The van der Waals surface area contributed by atoms with Crippen molar-refractivity contribution in [2.24, 2.45) is 0 Å². The molecule has 4 nitrogen and oxygen atoms in total. The lowest BCUT2D eigenvalue weighted by molar-refractivity contribution is -0.144. The normalized spacial score (nSPS) is 11.5. The van der Waals surface area contributed by atoms with Crippen LogP contribution in [0.2, 0.25) is 0 Å². The number of hydrogen-bond acceptors (Lipinski definition) is 4. The van der Waals surface area contributed by atoms with E-state index >= 15 is 0 Å². The Labute approximate surface area is 212 Å². The van der Waals surface area contributed by atoms with Crippen LogP contribution in [0.25, 0.3) is 0 Å². The Morgan fingerprint density at radius 3 is 1.69 bits per heavy atom. The van der Waals surface area contributed by atoms with E-state index in [1.165, 1.54) is 51.4 Å². The number of aryl methyl sites for hydroxylation is 2. The lowest BCUT2D eigenvalue weighted by atomic mass is 9.72. The molecule has 2 aromatic rings. The molecule has 0 saturated heterocycles. The first kappa shape index (κ1) is 28.7. The summed E-state index contributed by atoms with van der Waals surface area (Å²) in [5.74, 6) is 0.348. The van der Waals surface area contributed by atoms with Gasteiger partial charge in [-0.2, -0.15) is 0 Å². The van der Waals surface area contributed by atoms with Gasteiger partial charge in [-0.05, 0) is 61.1 Å². The van der Waals surface area contributed by atoms with E-state index in [1.54, 1.807) is 12.1 Å². The average Bonchev–Trinajstić information content (AvgIpc) is 2.84. The van der Waals surface area contributed by atoms with E-state index < -0.39 is 5.41 Å². The summed E-state index contributed by atoms with van der Waals surface area (Å²) in [5.41, 5.74) is 3.20. The van der Waals surface area contributed by atoms with Crippen molar-refractivity contribution in [3.8, 4) is 11.5 Å². The Hall–Kier alpha value is -2.49. The van der Waals surface area contributed by atoms with Crippen LogP contribution in [0.5, 0.6) is 11.5 Å². The Kier molecular flexibility index (Phi) is 12.2. The number of phenols is 2. The van der Waals surface area contributed by atoms with Crippen molar-refractivity contribution in [3.05, 3.63) is 58.7 Å². The standard InChI is InChI=1S/C31H46O4/c1-5-6-7-8-9-10-11-12-13-14-21-35-30(34)19-20-31(4,26-15-17-28(32)24(2)22-26)27-16-18-29(33)25(3)23-27/h15-18,22-23,32-33H,5-14,19-21H2,1-4H3. The fourth-order valence-corrected chi connectivity index (χ4v) is 4.65. The van der Waals surface area contributed by atoms with Gasteiger partial charge in [-0.3, -0.25) is 4.79 Å². The number of esters is 1. The third-order valence-electron chi connectivity index (χ3n) is 7.26. The molecule has 0 heterocycles. The van der Waals surface area contributed by atoms with Crippen molar-refractivity contribution in [1.29, 1.82) is 0 Å². The smallest absolute Gasteiger partial charge is 0.305 e. The zero-order valence-electron chi connectivity index (χ0n) is 22.4. The minimum Gasteiger partial charge on any atom is -0.508 e. The minimum absolute atomic E-state index is 0.168. The van der Waals surface area contributed by atoms with Crippen LogP contribution in [-0.4, -0.2) is 22.8 Å². The molecule has 194 valence electrons. The summed E-state index contributed by atoms with van der Waals surface area (Å²) in [6, 6.07) is 11.2. The van der Waals surface area contributed by atoms with Gasteiger partial charge in [-0.15, -0.1) is 0 Å². The highest BCUT2D eigenvalue weighted by molar-refractivity contribution is 5.69. The molecule has 0 bridgehead atoms. The summed E-state index contributed by atoms with van der Waals surface area (Å²) in [5, 5.41) is 20.0. The second kappa shape index (κ2) is 14.8. The van der Waals surface area contributed by atoms with Crippen LogP contribution >= 0.6 is 0 Å². The van der Waals surface area contributed by atoms with Crippen LogP contribution in [0.4, 0.5) is 0 Å². The molecule has 2 aromatic carbocycles. The summed E-state index contributed by atoms with van der Waals surface area (Å²) >= 11 is 0. The molecule has 0 amide bonds. The van der Waals surface area contributed by atoms with E-state index in [1.807, 2.05) is 38.1 Å². The third-order valence-corrected chi connectivity index (χ3v) is 7.26. The maximum Gasteiger partial charge on any atom is 0.305 e. The molecule has 0 aliphatic carbocycles. The van der Waals surface area contributed by atoms with Gasteiger partial charge in [0.05, 0.1) is 6.61 Å². The molecule has 2 N–H and O–H groups in total. The van der Waals surface area contributed by atoms with Crippen molar-refractivity contribution < 1.29 is 19.7 Å². The van der Waals surface area contributed by atoms with E-state index in [0.717, 1.165) is 35.1 Å². The SMILES string of the molecule is CCCCCCCCCCCCOC(=O)CCC(C)(c1ccc(O)c(C)c1)c1ccc(O)c(C)c1. The zero-order valence-corrected chi connectivity index (χ0v) is 22.4. The topological polar surface area (TPSA) is 66.8 Å². The van der Waals surface area contributed by atoms with Gasteiger partial charge in [0.1, 0.15) is 11.5 Å². The van der Waals surface area contributed by atoms with Crippen molar-refractivity contribution in [1.82, 2.24) is 0 Å². The van der Waals surface area contributed by atoms with Crippen LogP contribution in [0.1, 0.15) is 113 Å². The Morgan fingerprint density at radius 1 is 0.771 bits per heavy atom. The lowest BCUT2D eigenvalue weighted by Crippen LogP contribution is -2.25. The highest BCUT2D eigenvalue weighted by atomic mass is 16.5. The highest BCUT2D eigenvalue weighted by Crippen LogP contribution is 2.39. The Bertz CT molecular complexity index is 867. The lowest BCUT2D eigenvalue weighted by Gasteiger charge is -2.32. The zero-order chi connectivity index (χ0) is 25.7. The first-order valence-electron chi connectivity index (χ1n) is 13.5. The van der Waals surface area contributed by atoms with Gasteiger partial charge in [0, 0.05) is 11.8 Å². The first-order chi connectivity index (χ1) is 16.8. The average molecular weight is 483 g/mol. The van der Waals surface area contributed by atoms with Crippen LogP contribution in [0.15, 0.2) is 36.4 Å². The predicted molar refractivity (Wildman–Crippen MR) is 144 cm³/mol. The highest BCUT2D eigenvalue weighted by Gasteiger charge is 2.31. The molecule has 0 fully saturated rings. The molecule has 4 heteroatoms. The predicted octanol–water partition coefficient (Wildman–Crippen LogP) is 8.26. The fourth-order valence-electron chi connectivity index (χ4n) is 4.65. The summed E-state index contributed by atoms with van der Waals surface area (Å²) in [6.45, 7) is 8.60. The molecular formula is C31H46O4. The van der Waals surface area contributed by atoms with Gasteiger partial charge in [-0.1, -0.05) is 95.9 Å². The van der Waals surface area contributed by atoms with Crippen molar-refractivity contribution in [2.45, 2.75) is 110 Å². The number of phenolic OH excluding ortho intramolecular Hbond substituents is 2. The van der Waals surface area contributed by atoms with Gasteiger partial charge in [0.15, 0.2) is 0 Å². The molecule has 0 atom stereocenters. The molecule has 0 unspecified atom stereocenters. The second-order valence-electron chi connectivity index (χ2n) is 10.2. The Morgan fingerprint density at radius 2 is 1.23 bits per heavy atom. The molecule has 0 aromatic heterocycles. The van der Waals surface area contributed by atoms with Crippen LogP contribution in [0, 0.1) is 13.8 Å². The number of aromatic hydroxyl groups is 2. The van der Waals surface area contributed by atoms with Gasteiger partial charge in [0.25, 0.3) is 0 Å². The monoisotopic (exact) mass is 482 g/mol. The van der Waals surface area contributed by atoms with Gasteiger partial charge >= 0.3 is 5.97 Å². The number of unbranched alkanes of at least 4 members (excludes halogenated alkanes) is 9. The van der Waals surface area contributed by atoms with E-state index in [-0.39, 0.29) is 17.5 Å². The van der Waals surface area contributed by atoms with Crippen LogP contribution in [0.3, 0.4) is 0 Å². The van der Waals surface area contributed by atoms with Gasteiger partial charge in [0.2, 0.25) is 0 Å². The quantitative estimate of drug-likeness (QED) is 0.187. The largest absolute Gasteiger partial charge is 0.508 e. The summed E-state index contributed by atoms with van der Waals surface area (Å²) in [7, 11) is 0. The molecule has 0 radical (unpaired) electrons. The number of rotatable bonds is 16.